The summed E-state index contributed by atoms with van der Waals surface area (Å²) in [5, 5.41) is 19.7. The molecular formula is C4H5FN2O6. The molecule has 0 aromatic carbocycles. The van der Waals surface area contributed by atoms with E-state index in [1.54, 1.807) is 0 Å². The lowest BCUT2D eigenvalue weighted by Crippen LogP contribution is -2.46. The molecule has 0 aromatic heterocycles. The summed E-state index contributed by atoms with van der Waals surface area (Å²) in [6, 6.07) is 0. The number of nitrogens with zero attached hydrogens (tertiary/aromatic N) is 2. The monoisotopic (exact) mass is 196 g/mol. The second-order valence-corrected chi connectivity index (χ2v) is 2.01. The van der Waals surface area contributed by atoms with Gasteiger partial charge in [-0.1, -0.05) is 4.39 Å². The van der Waals surface area contributed by atoms with Crippen LogP contribution in [0.15, 0.2) is 0 Å². The Balaban J connectivity index is 4.52. The van der Waals surface area contributed by atoms with Crippen LogP contribution in [0.4, 0.5) is 4.39 Å². The average Bonchev–Trinajstić information content (AvgIpc) is 1.99. The lowest BCUT2D eigenvalue weighted by molar-refractivity contribution is -0.832. The first kappa shape index (κ1) is 11.2. The van der Waals surface area contributed by atoms with Crippen LogP contribution in [-0.2, 0) is 9.53 Å². The lowest BCUT2D eigenvalue weighted by Gasteiger charge is -2.06. The minimum absolute atomic E-state index is 0.848. The molecule has 0 aliphatic heterocycles. The maximum atomic E-state index is 12.7. The highest BCUT2D eigenvalue weighted by Gasteiger charge is 2.59. The average molecular weight is 196 g/mol. The largest absolute Gasteiger partial charge is 0.648 e. The van der Waals surface area contributed by atoms with Gasteiger partial charge in [0.05, 0.1) is 0 Å². The van der Waals surface area contributed by atoms with Crippen LogP contribution in [0.5, 0.6) is 0 Å². The first-order valence-electron chi connectivity index (χ1n) is 2.92. The van der Waals surface area contributed by atoms with Crippen molar-refractivity contribution < 1.29 is 23.8 Å². The van der Waals surface area contributed by atoms with Crippen LogP contribution in [0, 0.1) is 20.2 Å². The first-order valence-corrected chi connectivity index (χ1v) is 2.92. The van der Waals surface area contributed by atoms with Gasteiger partial charge in [0.25, 0.3) is 6.61 Å². The van der Waals surface area contributed by atoms with Crippen LogP contribution >= 0.6 is 0 Å². The molecule has 0 unspecified atom stereocenters. The predicted molar refractivity (Wildman–Crippen MR) is 34.5 cm³/mol. The molecule has 0 bridgehead atoms. The van der Waals surface area contributed by atoms with Gasteiger partial charge in [-0.15, -0.1) is 0 Å². The van der Waals surface area contributed by atoms with E-state index in [4.69, 9.17) is 0 Å². The zero-order chi connectivity index (χ0) is 10.6. The molecule has 0 fully saturated rings. The van der Waals surface area contributed by atoms with Gasteiger partial charge in [0.1, 0.15) is 9.85 Å². The van der Waals surface area contributed by atoms with Gasteiger partial charge in [-0.25, -0.2) is 0 Å². The molecular weight excluding hydrogens is 191 g/mol. The third-order valence-electron chi connectivity index (χ3n) is 1.02. The SMILES string of the molecule is CC(=O)OCC(F)([N+](=O)[O-])[N+](=O)[O-]. The maximum Gasteiger partial charge on any atom is 0.648 e. The highest BCUT2D eigenvalue weighted by molar-refractivity contribution is 5.65. The van der Waals surface area contributed by atoms with E-state index in [1.807, 2.05) is 0 Å². The number of ether oxygens (including phenoxy) is 1. The van der Waals surface area contributed by atoms with Crippen molar-refractivity contribution in [2.45, 2.75) is 12.8 Å². The fourth-order valence-corrected chi connectivity index (χ4v) is 0.366. The summed E-state index contributed by atoms with van der Waals surface area (Å²) in [5.74, 6) is -5.00. The molecule has 9 heteroatoms. The number of carbonyl (C=O) groups excluding carboxylic acids is 1. The lowest BCUT2D eigenvalue weighted by atomic mass is 10.5. The molecule has 0 saturated carbocycles. The Labute approximate surface area is 70.6 Å². The van der Waals surface area contributed by atoms with Gasteiger partial charge in [-0.2, -0.15) is 0 Å². The molecule has 0 amide bonds. The van der Waals surface area contributed by atoms with Gasteiger partial charge >= 0.3 is 11.9 Å². The van der Waals surface area contributed by atoms with Crippen molar-refractivity contribution in [1.82, 2.24) is 0 Å². The van der Waals surface area contributed by atoms with E-state index in [9.17, 15) is 29.4 Å². The second-order valence-electron chi connectivity index (χ2n) is 2.01. The summed E-state index contributed by atoms with van der Waals surface area (Å²) in [7, 11) is 0. The summed E-state index contributed by atoms with van der Waals surface area (Å²) < 4.78 is 16.6. The second kappa shape index (κ2) is 3.74. The van der Waals surface area contributed by atoms with Crippen LogP contribution in [-0.4, -0.2) is 28.3 Å². The molecule has 13 heavy (non-hydrogen) atoms. The molecule has 8 nitrogen and oxygen atoms in total. The van der Waals surface area contributed by atoms with Gasteiger partial charge in [0, 0.05) is 6.92 Å². The van der Waals surface area contributed by atoms with Gasteiger partial charge in [0.15, 0.2) is 0 Å². The third kappa shape index (κ3) is 2.61. The van der Waals surface area contributed by atoms with E-state index in [1.165, 1.54) is 0 Å². The van der Waals surface area contributed by atoms with Gasteiger partial charge in [-0.05, 0) is 0 Å². The van der Waals surface area contributed by atoms with Crippen molar-refractivity contribution >= 4 is 5.97 Å². The highest BCUT2D eigenvalue weighted by atomic mass is 19.2. The van der Waals surface area contributed by atoms with Crippen molar-refractivity contribution in [2.24, 2.45) is 0 Å². The third-order valence-corrected chi connectivity index (χ3v) is 1.02. The quantitative estimate of drug-likeness (QED) is 0.201. The zero-order valence-electron chi connectivity index (χ0n) is 6.43. The molecule has 74 valence electrons. The van der Waals surface area contributed by atoms with E-state index in [0.29, 0.717) is 0 Å². The normalized spacial score (nSPS) is 10.6. The number of hydrogen-bond acceptors (Lipinski definition) is 6. The molecule has 0 aliphatic carbocycles. The molecule has 0 N–H and O–H groups in total. The number of hydrogen-bond donors (Lipinski definition) is 0. The minimum atomic E-state index is -3.97. The van der Waals surface area contributed by atoms with Gasteiger partial charge < -0.3 is 4.74 Å². The molecule has 0 spiro atoms. The van der Waals surface area contributed by atoms with Crippen LogP contribution in [0.25, 0.3) is 0 Å². The number of rotatable bonds is 4. The Kier molecular flexibility index (Phi) is 3.22. The Morgan fingerprint density at radius 2 is 1.85 bits per heavy atom. The predicted octanol–water partition coefficient (Wildman–Crippen LogP) is -0.274. The molecule has 0 radical (unpaired) electrons. The van der Waals surface area contributed by atoms with E-state index < -0.39 is 28.3 Å². The number of esters is 1. The van der Waals surface area contributed by atoms with E-state index in [-0.39, 0.29) is 0 Å². The van der Waals surface area contributed by atoms with Crippen LogP contribution in [0.2, 0.25) is 0 Å². The Morgan fingerprint density at radius 1 is 1.46 bits per heavy atom. The number of nitro groups is 2. The van der Waals surface area contributed by atoms with E-state index in [0.717, 1.165) is 6.92 Å². The fourth-order valence-electron chi connectivity index (χ4n) is 0.366. The van der Waals surface area contributed by atoms with Crippen LogP contribution in [0.1, 0.15) is 6.92 Å². The molecule has 0 atom stereocenters. The van der Waals surface area contributed by atoms with Gasteiger partial charge in [0.2, 0.25) is 0 Å². The van der Waals surface area contributed by atoms with E-state index in [2.05, 4.69) is 4.74 Å². The Bertz CT molecular complexity index is 239. The van der Waals surface area contributed by atoms with Crippen molar-refractivity contribution in [3.8, 4) is 0 Å². The van der Waals surface area contributed by atoms with Crippen molar-refractivity contribution in [2.75, 3.05) is 6.61 Å². The van der Waals surface area contributed by atoms with E-state index >= 15 is 0 Å². The standard InChI is InChI=1S/C4H5FN2O6/c1-3(8)13-2-4(5,6(9)10)7(11)12/h2H2,1H3. The summed E-state index contributed by atoms with van der Waals surface area (Å²) in [5.41, 5.74) is 0. The summed E-state index contributed by atoms with van der Waals surface area (Å²) in [4.78, 5) is 26.3. The molecule has 0 heterocycles. The zero-order valence-corrected chi connectivity index (χ0v) is 6.43. The van der Waals surface area contributed by atoms with Gasteiger partial charge in [-0.3, -0.25) is 25.0 Å². The maximum absolute atomic E-state index is 12.7. The number of alkyl halides is 1. The summed E-state index contributed by atoms with van der Waals surface area (Å²) >= 11 is 0. The van der Waals surface area contributed by atoms with Crippen LogP contribution < -0.4 is 0 Å². The number of halogens is 1. The smallest absolute Gasteiger partial charge is 0.446 e. The molecule has 0 rings (SSSR count). The summed E-state index contributed by atoms with van der Waals surface area (Å²) in [6.45, 7) is -0.692. The van der Waals surface area contributed by atoms with Crippen molar-refractivity contribution in [3.63, 3.8) is 0 Å². The molecule has 0 aliphatic rings. The first-order chi connectivity index (χ1) is 5.80. The van der Waals surface area contributed by atoms with Crippen molar-refractivity contribution in [1.29, 1.82) is 0 Å². The Morgan fingerprint density at radius 3 is 2.08 bits per heavy atom. The molecule has 0 aromatic rings. The Hall–Kier alpha value is -1.80. The number of carbonyl (C=O) groups is 1. The molecule has 0 saturated heterocycles. The summed E-state index contributed by atoms with van der Waals surface area (Å²) in [6.07, 6.45) is 0. The minimum Gasteiger partial charge on any atom is -0.446 e. The van der Waals surface area contributed by atoms with Crippen molar-refractivity contribution in [3.05, 3.63) is 20.2 Å². The topological polar surface area (TPSA) is 113 Å². The highest BCUT2D eigenvalue weighted by Crippen LogP contribution is 2.13. The van der Waals surface area contributed by atoms with Crippen LogP contribution in [0.3, 0.4) is 0 Å². The fraction of sp³-hybridized carbons (Fsp3) is 0.750.